The van der Waals surface area contributed by atoms with E-state index >= 15 is 0 Å². The number of carbonyl (C=O) groups excluding carboxylic acids is 2. The van der Waals surface area contributed by atoms with Gasteiger partial charge in [-0.2, -0.15) is 0 Å². The van der Waals surface area contributed by atoms with Crippen molar-refractivity contribution in [2.45, 2.75) is 44.4 Å². The number of hydrogen-bond donors (Lipinski definition) is 3. The number of piperidine rings is 1. The number of ketones is 1. The maximum atomic E-state index is 13.4. The van der Waals surface area contributed by atoms with Crippen LogP contribution in [0.4, 0.5) is 0 Å². The van der Waals surface area contributed by atoms with Crippen LogP contribution >= 0.6 is 0 Å². The fraction of sp³-hybridized carbons (Fsp3) is 0.472. The summed E-state index contributed by atoms with van der Waals surface area (Å²) >= 11 is 0. The van der Waals surface area contributed by atoms with Crippen molar-refractivity contribution in [1.82, 2.24) is 9.88 Å². The van der Waals surface area contributed by atoms with Gasteiger partial charge in [-0.05, 0) is 78.0 Å². The first-order valence-electron chi connectivity index (χ1n) is 16.1. The van der Waals surface area contributed by atoms with E-state index in [0.717, 1.165) is 43.4 Å². The molecule has 11 heteroatoms. The van der Waals surface area contributed by atoms with Crippen LogP contribution in [0.5, 0.6) is 11.5 Å². The van der Waals surface area contributed by atoms with Crippen molar-refractivity contribution in [3.05, 3.63) is 64.4 Å². The molecule has 11 nitrogen and oxygen atoms in total. The van der Waals surface area contributed by atoms with Crippen LogP contribution in [0.3, 0.4) is 0 Å². The predicted octanol–water partition coefficient (Wildman–Crippen LogP) is 4.41. The third-order valence-electron chi connectivity index (χ3n) is 10.5. The van der Waals surface area contributed by atoms with E-state index in [1.54, 1.807) is 25.3 Å². The Morgan fingerprint density at radius 3 is 2.51 bits per heavy atom. The molecule has 1 aliphatic carbocycles. The molecule has 0 radical (unpaired) electrons. The largest absolute Gasteiger partial charge is 0.496 e. The number of methoxy groups -OCH3 is 3. The lowest BCUT2D eigenvalue weighted by Gasteiger charge is -2.54. The third kappa shape index (κ3) is 6.27. The van der Waals surface area contributed by atoms with Crippen molar-refractivity contribution >= 4 is 35.2 Å². The van der Waals surface area contributed by atoms with E-state index in [2.05, 4.69) is 16.0 Å². The molecule has 0 spiro atoms. The summed E-state index contributed by atoms with van der Waals surface area (Å²) in [5.41, 5.74) is 4.99. The molecule has 0 unspecified atom stereocenters. The van der Waals surface area contributed by atoms with Gasteiger partial charge in [0.05, 0.1) is 39.6 Å². The molecule has 47 heavy (non-hydrogen) atoms. The SMILES string of the molecule is COc1cc(/C=C/C(=O)C[C@@H]2C[C@@H]3CN4CCc5c([nH]c6cc(CO)ccc56)[C@H]4C[C@@H]3[C@H](COC=O)[C@H]2OC)cc(OC)c1C(=O)O. The second-order valence-electron chi connectivity index (χ2n) is 12.9. The van der Waals surface area contributed by atoms with Gasteiger partial charge in [0.15, 0.2) is 5.78 Å². The molecule has 6 rings (SSSR count). The Balaban J connectivity index is 1.22. The van der Waals surface area contributed by atoms with Crippen LogP contribution in [-0.4, -0.2) is 85.5 Å². The summed E-state index contributed by atoms with van der Waals surface area (Å²) < 4.78 is 22.0. The number of ether oxygens (including phenoxy) is 4. The molecular weight excluding hydrogens is 604 g/mol. The van der Waals surface area contributed by atoms with Crippen LogP contribution in [-0.2, 0) is 32.1 Å². The zero-order valence-electron chi connectivity index (χ0n) is 26.9. The lowest BCUT2D eigenvalue weighted by molar-refractivity contribution is -0.146. The summed E-state index contributed by atoms with van der Waals surface area (Å²) in [7, 11) is 4.44. The Bertz CT molecular complexity index is 1660. The summed E-state index contributed by atoms with van der Waals surface area (Å²) in [6.45, 7) is 2.54. The van der Waals surface area contributed by atoms with Gasteiger partial charge in [0, 0.05) is 49.1 Å². The first-order valence-corrected chi connectivity index (χ1v) is 16.1. The minimum atomic E-state index is -1.17. The number of carboxylic acid groups (broad SMARTS) is 1. The lowest BCUT2D eigenvalue weighted by Crippen LogP contribution is -2.55. The highest BCUT2D eigenvalue weighted by atomic mass is 16.5. The second-order valence-corrected chi connectivity index (χ2v) is 12.9. The van der Waals surface area contributed by atoms with Crippen LogP contribution in [0.15, 0.2) is 36.4 Å². The molecule has 0 amide bonds. The van der Waals surface area contributed by atoms with Gasteiger partial charge in [0.1, 0.15) is 17.1 Å². The number of benzene rings is 2. The molecule has 3 aromatic rings. The zero-order valence-corrected chi connectivity index (χ0v) is 26.9. The summed E-state index contributed by atoms with van der Waals surface area (Å²) in [4.78, 5) is 42.7. The van der Waals surface area contributed by atoms with Crippen LogP contribution in [0, 0.1) is 23.7 Å². The van der Waals surface area contributed by atoms with Crippen LogP contribution in [0.1, 0.15) is 58.0 Å². The van der Waals surface area contributed by atoms with Gasteiger partial charge < -0.3 is 34.1 Å². The van der Waals surface area contributed by atoms with Crippen molar-refractivity contribution in [3.8, 4) is 11.5 Å². The predicted molar refractivity (Wildman–Crippen MR) is 173 cm³/mol. The second kappa shape index (κ2) is 13.9. The molecule has 250 valence electrons. The van der Waals surface area contributed by atoms with E-state index in [1.165, 1.54) is 36.9 Å². The molecule has 1 aromatic heterocycles. The number of aliphatic hydroxyl groups excluding tert-OH is 1. The smallest absolute Gasteiger partial charge is 0.343 e. The number of carboxylic acids is 1. The topological polar surface area (TPSA) is 148 Å². The van der Waals surface area contributed by atoms with E-state index in [0.29, 0.717) is 18.0 Å². The summed E-state index contributed by atoms with van der Waals surface area (Å²) in [6, 6.07) is 9.44. The summed E-state index contributed by atoms with van der Waals surface area (Å²) in [5.74, 6) is -0.561. The van der Waals surface area contributed by atoms with Crippen LogP contribution in [0.25, 0.3) is 17.0 Å². The highest BCUT2D eigenvalue weighted by Crippen LogP contribution is 2.51. The zero-order chi connectivity index (χ0) is 33.2. The van der Waals surface area contributed by atoms with Crippen molar-refractivity contribution in [2.75, 3.05) is 41.0 Å². The Hall–Kier alpha value is -4.19. The van der Waals surface area contributed by atoms with Crippen molar-refractivity contribution in [1.29, 1.82) is 0 Å². The van der Waals surface area contributed by atoms with E-state index in [4.69, 9.17) is 18.9 Å². The van der Waals surface area contributed by atoms with E-state index < -0.39 is 5.97 Å². The summed E-state index contributed by atoms with van der Waals surface area (Å²) in [5, 5.41) is 20.4. The number of allylic oxidation sites excluding steroid dienone is 1. The first kappa shape index (κ1) is 32.7. The average molecular weight is 647 g/mol. The number of carbonyl (C=O) groups is 3. The van der Waals surface area contributed by atoms with Gasteiger partial charge in [0.2, 0.25) is 0 Å². The maximum Gasteiger partial charge on any atom is 0.343 e. The Kier molecular flexibility index (Phi) is 9.67. The van der Waals surface area contributed by atoms with Gasteiger partial charge in [-0.3, -0.25) is 14.5 Å². The molecular formula is C36H42N2O9. The quantitative estimate of drug-likeness (QED) is 0.191. The Morgan fingerprint density at radius 1 is 1.09 bits per heavy atom. The standard InChI is InChI=1S/C36H42N2O9/c1-44-31-11-20(12-32(45-2)33(31)36(42)43)4-6-24(41)14-22-13-23-16-38-9-8-26-25-7-5-21(17-39)10-29(25)37-34(26)30(38)15-27(23)28(18-47-19-40)35(22)46-3/h4-7,10-12,19,22-23,27-28,30,35,37,39H,8-9,13-18H2,1-3H3,(H,42,43)/b6-4+/t22-,23+,27-,28-,30+,35-/m0/s1. The number of aliphatic hydroxyl groups is 1. The fourth-order valence-corrected chi connectivity index (χ4v) is 8.52. The third-order valence-corrected chi connectivity index (χ3v) is 10.5. The van der Waals surface area contributed by atoms with Gasteiger partial charge in [-0.25, -0.2) is 4.79 Å². The molecule has 0 bridgehead atoms. The number of aromatic amines is 1. The van der Waals surface area contributed by atoms with E-state index in [-0.39, 0.29) is 72.4 Å². The molecule has 2 aliphatic heterocycles. The van der Waals surface area contributed by atoms with E-state index in [9.17, 15) is 24.6 Å². The molecule has 1 saturated carbocycles. The molecule has 2 fully saturated rings. The first-order chi connectivity index (χ1) is 22.8. The minimum Gasteiger partial charge on any atom is -0.496 e. The Morgan fingerprint density at radius 2 is 1.85 bits per heavy atom. The maximum absolute atomic E-state index is 13.4. The van der Waals surface area contributed by atoms with Crippen molar-refractivity contribution in [2.24, 2.45) is 23.7 Å². The normalized spacial score (nSPS) is 25.5. The number of nitrogens with zero attached hydrogens (tertiary/aromatic N) is 1. The number of aromatic nitrogens is 1. The van der Waals surface area contributed by atoms with Gasteiger partial charge in [0.25, 0.3) is 6.47 Å². The van der Waals surface area contributed by atoms with Crippen LogP contribution < -0.4 is 9.47 Å². The monoisotopic (exact) mass is 646 g/mol. The molecule has 6 atom stereocenters. The molecule has 1 saturated heterocycles. The highest BCUT2D eigenvalue weighted by Gasteiger charge is 2.50. The number of hydrogen-bond acceptors (Lipinski definition) is 9. The summed E-state index contributed by atoms with van der Waals surface area (Å²) in [6.07, 6.45) is 5.79. The van der Waals surface area contributed by atoms with Crippen LogP contribution in [0.2, 0.25) is 0 Å². The van der Waals surface area contributed by atoms with E-state index in [1.807, 2.05) is 12.1 Å². The number of fused-ring (bicyclic) bond motifs is 6. The minimum absolute atomic E-state index is 0.00139. The van der Waals surface area contributed by atoms with Crippen molar-refractivity contribution in [3.63, 3.8) is 0 Å². The number of aromatic carboxylic acids is 1. The Labute approximate surface area is 273 Å². The molecule has 2 aromatic carbocycles. The number of H-pyrrole nitrogens is 1. The van der Waals surface area contributed by atoms with Gasteiger partial charge in [-0.1, -0.05) is 18.2 Å². The highest BCUT2D eigenvalue weighted by molar-refractivity contribution is 5.96. The van der Waals surface area contributed by atoms with Gasteiger partial charge in [-0.15, -0.1) is 0 Å². The molecule has 3 N–H and O–H groups in total. The number of rotatable bonds is 12. The number of nitrogens with one attached hydrogen (secondary N) is 1. The molecule has 3 aliphatic rings. The fourth-order valence-electron chi connectivity index (χ4n) is 8.52. The van der Waals surface area contributed by atoms with Gasteiger partial charge >= 0.3 is 5.97 Å². The van der Waals surface area contributed by atoms with Crippen molar-refractivity contribution < 1.29 is 43.5 Å². The molecule has 3 heterocycles. The average Bonchev–Trinajstić information content (AvgIpc) is 3.46. The lowest BCUT2D eigenvalue weighted by atomic mass is 9.61.